The maximum atomic E-state index is 5.62. The maximum absolute atomic E-state index is 5.62. The molecule has 5 nitrogen and oxygen atoms in total. The summed E-state index contributed by atoms with van der Waals surface area (Å²) in [5, 5.41) is 0. The van der Waals surface area contributed by atoms with Gasteiger partial charge in [-0.2, -0.15) is 0 Å². The monoisotopic (exact) mass is 237 g/mol. The van der Waals surface area contributed by atoms with Gasteiger partial charge in [-0.3, -0.25) is 0 Å². The normalized spacial score (nSPS) is 20.6. The number of hydrogen-bond donors (Lipinski definition) is 0. The van der Waals surface area contributed by atoms with Crippen molar-refractivity contribution in [3.8, 4) is 0 Å². The zero-order chi connectivity index (χ0) is 12.3. The van der Waals surface area contributed by atoms with Crippen molar-refractivity contribution >= 4 is 5.82 Å². The van der Waals surface area contributed by atoms with Crippen LogP contribution in [0.15, 0.2) is 6.07 Å². The molecule has 5 heteroatoms. The van der Waals surface area contributed by atoms with E-state index in [2.05, 4.69) is 14.9 Å². The van der Waals surface area contributed by atoms with Crippen LogP contribution in [0.4, 0.5) is 5.82 Å². The molecule has 1 aromatic heterocycles. The first-order valence-corrected chi connectivity index (χ1v) is 5.87. The van der Waals surface area contributed by atoms with E-state index in [9.17, 15) is 0 Å². The number of rotatable bonds is 3. The Morgan fingerprint density at radius 2 is 2.29 bits per heavy atom. The van der Waals surface area contributed by atoms with Crippen LogP contribution in [0.5, 0.6) is 0 Å². The van der Waals surface area contributed by atoms with Crippen LogP contribution in [-0.2, 0) is 9.47 Å². The summed E-state index contributed by atoms with van der Waals surface area (Å²) in [4.78, 5) is 11.0. The zero-order valence-corrected chi connectivity index (χ0v) is 10.6. The lowest BCUT2D eigenvalue weighted by atomic mass is 10.2. The molecular formula is C12H19N3O2. The van der Waals surface area contributed by atoms with Crippen molar-refractivity contribution in [2.75, 3.05) is 38.3 Å². The molecule has 2 heterocycles. The van der Waals surface area contributed by atoms with Gasteiger partial charge in [0.2, 0.25) is 0 Å². The van der Waals surface area contributed by atoms with Gasteiger partial charge in [0, 0.05) is 32.0 Å². The van der Waals surface area contributed by atoms with Crippen LogP contribution in [0.25, 0.3) is 0 Å². The molecule has 0 amide bonds. The average molecular weight is 237 g/mol. The van der Waals surface area contributed by atoms with Gasteiger partial charge in [0.1, 0.15) is 11.6 Å². The van der Waals surface area contributed by atoms with E-state index < -0.39 is 0 Å². The second-order valence-electron chi connectivity index (χ2n) is 4.31. The van der Waals surface area contributed by atoms with Crippen molar-refractivity contribution in [3.05, 3.63) is 17.6 Å². The fourth-order valence-corrected chi connectivity index (χ4v) is 2.07. The van der Waals surface area contributed by atoms with Crippen molar-refractivity contribution in [2.45, 2.75) is 20.0 Å². The van der Waals surface area contributed by atoms with Gasteiger partial charge in [-0.15, -0.1) is 0 Å². The quantitative estimate of drug-likeness (QED) is 0.783. The van der Waals surface area contributed by atoms with Gasteiger partial charge in [-0.1, -0.05) is 0 Å². The minimum absolute atomic E-state index is 0.129. The summed E-state index contributed by atoms with van der Waals surface area (Å²) in [6.07, 6.45) is 0.129. The third kappa shape index (κ3) is 3.14. The topological polar surface area (TPSA) is 47.5 Å². The van der Waals surface area contributed by atoms with Crippen LogP contribution in [0.1, 0.15) is 11.5 Å². The van der Waals surface area contributed by atoms with E-state index in [1.54, 1.807) is 7.11 Å². The molecule has 1 aliphatic heterocycles. The van der Waals surface area contributed by atoms with Crippen LogP contribution in [-0.4, -0.2) is 49.5 Å². The van der Waals surface area contributed by atoms with Crippen molar-refractivity contribution < 1.29 is 9.47 Å². The third-order valence-electron chi connectivity index (χ3n) is 2.77. The lowest BCUT2D eigenvalue weighted by Crippen LogP contribution is -2.44. The number of morpholine rings is 1. The molecule has 17 heavy (non-hydrogen) atoms. The summed E-state index contributed by atoms with van der Waals surface area (Å²) in [7, 11) is 1.70. The summed E-state index contributed by atoms with van der Waals surface area (Å²) in [6.45, 7) is 6.95. The zero-order valence-electron chi connectivity index (χ0n) is 10.6. The Bertz CT molecular complexity index is 362. The third-order valence-corrected chi connectivity index (χ3v) is 2.77. The molecule has 0 aliphatic carbocycles. The number of methoxy groups -OCH3 is 1. The molecule has 2 rings (SSSR count). The molecule has 94 valence electrons. The molecule has 1 atom stereocenters. The number of hydrogen-bond acceptors (Lipinski definition) is 5. The fourth-order valence-electron chi connectivity index (χ4n) is 2.07. The number of anilines is 1. The van der Waals surface area contributed by atoms with Crippen LogP contribution in [0.3, 0.4) is 0 Å². The van der Waals surface area contributed by atoms with Crippen molar-refractivity contribution in [3.63, 3.8) is 0 Å². The Morgan fingerprint density at radius 1 is 1.47 bits per heavy atom. The molecule has 1 fully saturated rings. The van der Waals surface area contributed by atoms with E-state index in [0.717, 1.165) is 37.0 Å². The highest BCUT2D eigenvalue weighted by molar-refractivity contribution is 5.40. The van der Waals surface area contributed by atoms with Gasteiger partial charge in [-0.25, -0.2) is 9.97 Å². The van der Waals surface area contributed by atoms with Gasteiger partial charge >= 0.3 is 0 Å². The van der Waals surface area contributed by atoms with Crippen molar-refractivity contribution in [1.82, 2.24) is 9.97 Å². The van der Waals surface area contributed by atoms with Gasteiger partial charge in [0.25, 0.3) is 0 Å². The van der Waals surface area contributed by atoms with E-state index in [1.165, 1.54) is 0 Å². The Kier molecular flexibility index (Phi) is 3.91. The van der Waals surface area contributed by atoms with E-state index in [-0.39, 0.29) is 6.10 Å². The summed E-state index contributed by atoms with van der Waals surface area (Å²) < 4.78 is 10.7. The van der Waals surface area contributed by atoms with Gasteiger partial charge in [-0.05, 0) is 13.8 Å². The average Bonchev–Trinajstić information content (AvgIpc) is 2.28. The number of aryl methyl sites for hydroxylation is 2. The highest BCUT2D eigenvalue weighted by Crippen LogP contribution is 2.16. The predicted molar refractivity (Wildman–Crippen MR) is 65.3 cm³/mol. The Balaban J connectivity index is 2.10. The fraction of sp³-hybridized carbons (Fsp3) is 0.667. The highest BCUT2D eigenvalue weighted by atomic mass is 16.5. The standard InChI is InChI=1S/C12H19N3O2/c1-9-6-12(14-10(2)13-9)15-4-5-17-11(7-15)8-16-3/h6,11H,4-5,7-8H2,1-3H3/t11-/m1/s1. The first kappa shape index (κ1) is 12.3. The van der Waals surface area contributed by atoms with Crippen LogP contribution < -0.4 is 4.90 Å². The van der Waals surface area contributed by atoms with Crippen LogP contribution in [0.2, 0.25) is 0 Å². The largest absolute Gasteiger partial charge is 0.382 e. The highest BCUT2D eigenvalue weighted by Gasteiger charge is 2.21. The molecule has 0 aromatic carbocycles. The lowest BCUT2D eigenvalue weighted by molar-refractivity contribution is -0.0102. The summed E-state index contributed by atoms with van der Waals surface area (Å²) in [5.74, 6) is 1.80. The first-order valence-electron chi connectivity index (χ1n) is 5.87. The smallest absolute Gasteiger partial charge is 0.132 e. The molecule has 0 bridgehead atoms. The van der Waals surface area contributed by atoms with E-state index in [0.29, 0.717) is 6.61 Å². The predicted octanol–water partition coefficient (Wildman–Crippen LogP) is 0.945. The van der Waals surface area contributed by atoms with Gasteiger partial charge < -0.3 is 14.4 Å². The van der Waals surface area contributed by atoms with Gasteiger partial charge in [0.15, 0.2) is 0 Å². The minimum Gasteiger partial charge on any atom is -0.382 e. The van der Waals surface area contributed by atoms with Crippen LogP contribution >= 0.6 is 0 Å². The summed E-state index contributed by atoms with van der Waals surface area (Å²) >= 11 is 0. The molecule has 1 saturated heterocycles. The Morgan fingerprint density at radius 3 is 3.00 bits per heavy atom. The van der Waals surface area contributed by atoms with Crippen molar-refractivity contribution in [1.29, 1.82) is 0 Å². The number of nitrogens with zero attached hydrogens (tertiary/aromatic N) is 3. The van der Waals surface area contributed by atoms with E-state index >= 15 is 0 Å². The lowest BCUT2D eigenvalue weighted by Gasteiger charge is -2.33. The molecule has 0 N–H and O–H groups in total. The first-order chi connectivity index (χ1) is 8.19. The van der Waals surface area contributed by atoms with Crippen molar-refractivity contribution in [2.24, 2.45) is 0 Å². The second kappa shape index (κ2) is 5.42. The van der Waals surface area contributed by atoms with E-state index in [4.69, 9.17) is 9.47 Å². The SMILES string of the molecule is COC[C@H]1CN(c2cc(C)nc(C)n2)CCO1. The maximum Gasteiger partial charge on any atom is 0.132 e. The number of aromatic nitrogens is 2. The molecule has 0 unspecified atom stereocenters. The molecular weight excluding hydrogens is 218 g/mol. The summed E-state index contributed by atoms with van der Waals surface area (Å²) in [5.41, 5.74) is 1.00. The Hall–Kier alpha value is -1.20. The molecule has 1 aliphatic rings. The van der Waals surface area contributed by atoms with Crippen LogP contribution in [0, 0.1) is 13.8 Å². The molecule has 0 radical (unpaired) electrons. The number of ether oxygens (including phenoxy) is 2. The van der Waals surface area contributed by atoms with Gasteiger partial charge in [0.05, 0.1) is 19.3 Å². The second-order valence-corrected chi connectivity index (χ2v) is 4.31. The molecule has 0 spiro atoms. The molecule has 1 aromatic rings. The Labute approximate surface area is 102 Å². The summed E-state index contributed by atoms with van der Waals surface area (Å²) in [6, 6.07) is 2.02. The minimum atomic E-state index is 0.129. The van der Waals surface area contributed by atoms with E-state index in [1.807, 2.05) is 19.9 Å². The molecule has 0 saturated carbocycles.